The standard InChI is InChI=1S/C11H10BrNO/c1-7-11(14-2)6-8-9(12)4-3-5-10(8)13-7/h3-6H,1-2H3. The van der Waals surface area contributed by atoms with Crippen LogP contribution in [0.4, 0.5) is 0 Å². The summed E-state index contributed by atoms with van der Waals surface area (Å²) in [4.78, 5) is 4.45. The van der Waals surface area contributed by atoms with Gasteiger partial charge in [-0.05, 0) is 25.1 Å². The quantitative estimate of drug-likeness (QED) is 0.776. The van der Waals surface area contributed by atoms with E-state index in [0.29, 0.717) is 0 Å². The van der Waals surface area contributed by atoms with Gasteiger partial charge in [-0.1, -0.05) is 22.0 Å². The predicted molar refractivity (Wildman–Crippen MR) is 60.7 cm³/mol. The first-order chi connectivity index (χ1) is 6.72. The Labute approximate surface area is 91.0 Å². The maximum Gasteiger partial charge on any atom is 0.140 e. The average Bonchev–Trinajstić information content (AvgIpc) is 2.17. The van der Waals surface area contributed by atoms with Crippen LogP contribution in [0.3, 0.4) is 0 Å². The number of pyridine rings is 1. The fourth-order valence-electron chi connectivity index (χ4n) is 1.44. The summed E-state index contributed by atoms with van der Waals surface area (Å²) in [6.45, 7) is 1.94. The van der Waals surface area contributed by atoms with Gasteiger partial charge in [0.2, 0.25) is 0 Å². The Morgan fingerprint density at radius 1 is 1.36 bits per heavy atom. The molecule has 0 unspecified atom stereocenters. The van der Waals surface area contributed by atoms with Gasteiger partial charge in [-0.25, -0.2) is 4.98 Å². The third-order valence-corrected chi connectivity index (χ3v) is 2.86. The highest BCUT2D eigenvalue weighted by Gasteiger charge is 2.04. The Morgan fingerprint density at radius 2 is 2.14 bits per heavy atom. The molecule has 2 rings (SSSR count). The SMILES string of the molecule is COc1cc2c(Br)cccc2nc1C. The van der Waals surface area contributed by atoms with Crippen LogP contribution in [-0.2, 0) is 0 Å². The van der Waals surface area contributed by atoms with Gasteiger partial charge in [0.1, 0.15) is 5.75 Å². The summed E-state index contributed by atoms with van der Waals surface area (Å²) in [5.41, 5.74) is 1.90. The minimum atomic E-state index is 0.824. The molecule has 2 aromatic rings. The fraction of sp³-hybridized carbons (Fsp3) is 0.182. The predicted octanol–water partition coefficient (Wildman–Crippen LogP) is 3.31. The lowest BCUT2D eigenvalue weighted by molar-refractivity contribution is 0.410. The molecule has 0 spiro atoms. The molecule has 0 saturated heterocycles. The fourth-order valence-corrected chi connectivity index (χ4v) is 1.91. The van der Waals surface area contributed by atoms with Crippen LogP contribution in [0, 0.1) is 6.92 Å². The van der Waals surface area contributed by atoms with E-state index in [9.17, 15) is 0 Å². The molecule has 0 radical (unpaired) electrons. The van der Waals surface area contributed by atoms with Gasteiger partial charge in [0.25, 0.3) is 0 Å². The number of nitrogens with zero attached hydrogens (tertiary/aromatic N) is 1. The van der Waals surface area contributed by atoms with Crippen molar-refractivity contribution in [3.8, 4) is 5.75 Å². The molecule has 3 heteroatoms. The zero-order valence-electron chi connectivity index (χ0n) is 8.04. The maximum atomic E-state index is 5.22. The van der Waals surface area contributed by atoms with Crippen LogP contribution in [0.5, 0.6) is 5.75 Å². The van der Waals surface area contributed by atoms with Gasteiger partial charge in [0, 0.05) is 9.86 Å². The molecule has 1 aromatic carbocycles. The van der Waals surface area contributed by atoms with Crippen molar-refractivity contribution in [3.63, 3.8) is 0 Å². The molecular weight excluding hydrogens is 242 g/mol. The Hall–Kier alpha value is -1.09. The third kappa shape index (κ3) is 1.48. The molecule has 0 amide bonds. The molecule has 0 bridgehead atoms. The van der Waals surface area contributed by atoms with Crippen LogP contribution in [0.1, 0.15) is 5.69 Å². The first-order valence-electron chi connectivity index (χ1n) is 4.32. The summed E-state index contributed by atoms with van der Waals surface area (Å²) in [5.74, 6) is 0.824. The van der Waals surface area contributed by atoms with Gasteiger partial charge < -0.3 is 4.74 Å². The van der Waals surface area contributed by atoms with E-state index < -0.39 is 0 Å². The number of methoxy groups -OCH3 is 1. The van der Waals surface area contributed by atoms with Crippen LogP contribution >= 0.6 is 15.9 Å². The Balaban J connectivity index is 2.80. The van der Waals surface area contributed by atoms with Crippen LogP contribution in [0.15, 0.2) is 28.7 Å². The first kappa shape index (κ1) is 9.46. The minimum absolute atomic E-state index is 0.824. The second-order valence-corrected chi connectivity index (χ2v) is 3.94. The molecule has 0 fully saturated rings. The number of hydrogen-bond acceptors (Lipinski definition) is 2. The largest absolute Gasteiger partial charge is 0.495 e. The summed E-state index contributed by atoms with van der Waals surface area (Å²) >= 11 is 3.49. The van der Waals surface area contributed by atoms with Crippen LogP contribution < -0.4 is 4.74 Å². The number of aryl methyl sites for hydroxylation is 1. The molecule has 0 atom stereocenters. The van der Waals surface area contributed by atoms with E-state index in [2.05, 4.69) is 20.9 Å². The zero-order chi connectivity index (χ0) is 10.1. The lowest BCUT2D eigenvalue weighted by Gasteiger charge is -2.06. The molecule has 14 heavy (non-hydrogen) atoms. The van der Waals surface area contributed by atoms with E-state index in [4.69, 9.17) is 4.74 Å². The van der Waals surface area contributed by atoms with Crippen LogP contribution in [0.2, 0.25) is 0 Å². The average molecular weight is 252 g/mol. The molecule has 0 N–H and O–H groups in total. The Morgan fingerprint density at radius 3 is 2.86 bits per heavy atom. The number of halogens is 1. The monoisotopic (exact) mass is 251 g/mol. The van der Waals surface area contributed by atoms with Gasteiger partial charge in [0.15, 0.2) is 0 Å². The summed E-state index contributed by atoms with van der Waals surface area (Å²) in [6.07, 6.45) is 0. The number of hydrogen-bond donors (Lipinski definition) is 0. The van der Waals surface area contributed by atoms with Crippen LogP contribution in [0.25, 0.3) is 10.9 Å². The van der Waals surface area contributed by atoms with Crippen molar-refractivity contribution >= 4 is 26.8 Å². The topological polar surface area (TPSA) is 22.1 Å². The number of benzene rings is 1. The molecule has 1 aromatic heterocycles. The van der Waals surface area contributed by atoms with Crippen molar-refractivity contribution in [2.45, 2.75) is 6.92 Å². The van der Waals surface area contributed by atoms with Gasteiger partial charge in [0.05, 0.1) is 18.3 Å². The molecule has 0 aliphatic heterocycles. The zero-order valence-corrected chi connectivity index (χ0v) is 9.63. The van der Waals surface area contributed by atoms with Crippen molar-refractivity contribution < 1.29 is 4.74 Å². The normalized spacial score (nSPS) is 10.5. The van der Waals surface area contributed by atoms with Gasteiger partial charge >= 0.3 is 0 Å². The Kier molecular flexibility index (Phi) is 2.42. The smallest absolute Gasteiger partial charge is 0.140 e. The van der Waals surface area contributed by atoms with Gasteiger partial charge in [-0.2, -0.15) is 0 Å². The van der Waals surface area contributed by atoms with E-state index in [0.717, 1.165) is 26.8 Å². The number of fused-ring (bicyclic) bond motifs is 1. The van der Waals surface area contributed by atoms with Crippen molar-refractivity contribution in [1.82, 2.24) is 4.98 Å². The van der Waals surface area contributed by atoms with Crippen LogP contribution in [-0.4, -0.2) is 12.1 Å². The van der Waals surface area contributed by atoms with Gasteiger partial charge in [-0.3, -0.25) is 0 Å². The summed E-state index contributed by atoms with van der Waals surface area (Å²) < 4.78 is 6.27. The number of rotatable bonds is 1. The molecule has 1 heterocycles. The van der Waals surface area contributed by atoms with Crippen molar-refractivity contribution in [2.75, 3.05) is 7.11 Å². The van der Waals surface area contributed by atoms with E-state index in [1.807, 2.05) is 31.2 Å². The first-order valence-corrected chi connectivity index (χ1v) is 5.11. The van der Waals surface area contributed by atoms with E-state index in [1.54, 1.807) is 7.11 Å². The minimum Gasteiger partial charge on any atom is -0.495 e. The number of ether oxygens (including phenoxy) is 1. The maximum absolute atomic E-state index is 5.22. The lowest BCUT2D eigenvalue weighted by atomic mass is 10.2. The highest BCUT2D eigenvalue weighted by Crippen LogP contribution is 2.27. The number of aromatic nitrogens is 1. The lowest BCUT2D eigenvalue weighted by Crippen LogP contribution is -1.91. The summed E-state index contributed by atoms with van der Waals surface area (Å²) in [6, 6.07) is 7.97. The molecule has 0 aliphatic rings. The van der Waals surface area contributed by atoms with Crippen molar-refractivity contribution in [1.29, 1.82) is 0 Å². The van der Waals surface area contributed by atoms with E-state index in [-0.39, 0.29) is 0 Å². The molecule has 0 saturated carbocycles. The molecular formula is C11H10BrNO. The van der Waals surface area contributed by atoms with E-state index in [1.165, 1.54) is 0 Å². The second-order valence-electron chi connectivity index (χ2n) is 3.08. The second kappa shape index (κ2) is 3.58. The van der Waals surface area contributed by atoms with Gasteiger partial charge in [-0.15, -0.1) is 0 Å². The summed E-state index contributed by atoms with van der Waals surface area (Å²) in [5, 5.41) is 1.08. The molecule has 0 aliphatic carbocycles. The molecule has 2 nitrogen and oxygen atoms in total. The summed E-state index contributed by atoms with van der Waals surface area (Å²) in [7, 11) is 1.66. The highest BCUT2D eigenvalue weighted by molar-refractivity contribution is 9.10. The third-order valence-electron chi connectivity index (χ3n) is 2.17. The van der Waals surface area contributed by atoms with E-state index >= 15 is 0 Å². The van der Waals surface area contributed by atoms with Crippen molar-refractivity contribution in [2.24, 2.45) is 0 Å². The Bertz CT molecular complexity index is 482. The van der Waals surface area contributed by atoms with Crippen molar-refractivity contribution in [3.05, 3.63) is 34.4 Å². The highest BCUT2D eigenvalue weighted by atomic mass is 79.9. The molecule has 72 valence electrons.